The normalized spacial score (nSPS) is 20.8. The lowest BCUT2D eigenvalue weighted by Crippen LogP contribution is -2.52. The fourth-order valence-corrected chi connectivity index (χ4v) is 1.95. The first-order chi connectivity index (χ1) is 7.52. The molecule has 1 heterocycles. The van der Waals surface area contributed by atoms with Gasteiger partial charge in [0.15, 0.2) is 0 Å². The third-order valence-corrected chi connectivity index (χ3v) is 2.84. The van der Waals surface area contributed by atoms with Gasteiger partial charge in [0, 0.05) is 6.04 Å². The maximum absolute atomic E-state index is 12.1. The van der Waals surface area contributed by atoms with Crippen molar-refractivity contribution in [1.29, 1.82) is 0 Å². The fraction of sp³-hybridized carbons (Fsp3) is 0.818. The van der Waals surface area contributed by atoms with Crippen molar-refractivity contribution in [2.24, 2.45) is 5.73 Å². The highest BCUT2D eigenvalue weighted by molar-refractivity contribution is 5.87. The summed E-state index contributed by atoms with van der Waals surface area (Å²) in [4.78, 5) is 24.6. The summed E-state index contributed by atoms with van der Waals surface area (Å²) in [6.45, 7) is 4.67. The molecule has 16 heavy (non-hydrogen) atoms. The zero-order chi connectivity index (χ0) is 12.1. The number of primary amides is 1. The van der Waals surface area contributed by atoms with E-state index in [0.717, 1.165) is 25.8 Å². The Labute approximate surface area is 96.4 Å². The second-order valence-electron chi connectivity index (χ2n) is 4.53. The highest BCUT2D eigenvalue weighted by atomic mass is 16.2. The molecule has 5 nitrogen and oxygen atoms in total. The van der Waals surface area contributed by atoms with Gasteiger partial charge in [-0.25, -0.2) is 0 Å². The Kier molecular flexibility index (Phi) is 4.73. The monoisotopic (exact) mass is 227 g/mol. The predicted octanol–water partition coefficient (Wildman–Crippen LogP) is -0.149. The third-order valence-electron chi connectivity index (χ3n) is 2.84. The van der Waals surface area contributed by atoms with Crippen molar-refractivity contribution in [2.45, 2.75) is 45.2 Å². The van der Waals surface area contributed by atoms with E-state index in [2.05, 4.69) is 5.32 Å². The van der Waals surface area contributed by atoms with E-state index in [-0.39, 0.29) is 24.5 Å². The highest BCUT2D eigenvalue weighted by Gasteiger charge is 2.27. The molecule has 1 aliphatic heterocycles. The molecule has 3 N–H and O–H groups in total. The molecule has 0 aromatic carbocycles. The summed E-state index contributed by atoms with van der Waals surface area (Å²) in [7, 11) is 0. The maximum atomic E-state index is 12.1. The van der Waals surface area contributed by atoms with E-state index in [1.54, 1.807) is 4.90 Å². The van der Waals surface area contributed by atoms with Gasteiger partial charge in [-0.15, -0.1) is 0 Å². The molecule has 0 aromatic rings. The molecule has 0 spiro atoms. The van der Waals surface area contributed by atoms with Crippen LogP contribution in [0.25, 0.3) is 0 Å². The largest absolute Gasteiger partial charge is 0.368 e. The summed E-state index contributed by atoms with van der Waals surface area (Å²) in [6.07, 6.45) is 3.02. The number of carbonyl (C=O) groups is 2. The molecular weight excluding hydrogens is 206 g/mol. The number of hydrogen-bond acceptors (Lipinski definition) is 3. The topological polar surface area (TPSA) is 75.4 Å². The molecule has 0 bridgehead atoms. The molecule has 0 aromatic heterocycles. The summed E-state index contributed by atoms with van der Waals surface area (Å²) < 4.78 is 0. The molecule has 1 unspecified atom stereocenters. The summed E-state index contributed by atoms with van der Waals surface area (Å²) in [5, 5.41) is 3.18. The van der Waals surface area contributed by atoms with Gasteiger partial charge in [0.1, 0.15) is 0 Å². The predicted molar refractivity (Wildman–Crippen MR) is 61.7 cm³/mol. The van der Waals surface area contributed by atoms with Gasteiger partial charge in [-0.05, 0) is 33.2 Å². The number of nitrogens with one attached hydrogen (secondary N) is 1. The van der Waals surface area contributed by atoms with Crippen LogP contribution >= 0.6 is 0 Å². The molecule has 1 fully saturated rings. The lowest BCUT2D eigenvalue weighted by molar-refractivity contribution is -0.139. The zero-order valence-corrected chi connectivity index (χ0v) is 10.0. The minimum Gasteiger partial charge on any atom is -0.368 e. The van der Waals surface area contributed by atoms with E-state index >= 15 is 0 Å². The molecule has 1 atom stereocenters. The average Bonchev–Trinajstić information content (AvgIpc) is 2.25. The Morgan fingerprint density at radius 3 is 2.56 bits per heavy atom. The van der Waals surface area contributed by atoms with Gasteiger partial charge >= 0.3 is 0 Å². The number of amides is 2. The molecule has 5 heteroatoms. The van der Waals surface area contributed by atoms with E-state index in [1.807, 2.05) is 13.8 Å². The molecule has 92 valence electrons. The Hall–Kier alpha value is -1.10. The Morgan fingerprint density at radius 2 is 2.12 bits per heavy atom. The lowest BCUT2D eigenvalue weighted by Gasteiger charge is -2.31. The Bertz CT molecular complexity index is 260. The molecule has 0 radical (unpaired) electrons. The molecule has 0 aliphatic carbocycles. The van der Waals surface area contributed by atoms with Gasteiger partial charge in [0.05, 0.1) is 12.6 Å². The van der Waals surface area contributed by atoms with E-state index < -0.39 is 5.91 Å². The molecule has 1 saturated heterocycles. The minimum atomic E-state index is -0.460. The summed E-state index contributed by atoms with van der Waals surface area (Å²) in [6, 6.07) is -0.140. The molecule has 0 saturated carbocycles. The molecule has 1 aliphatic rings. The van der Waals surface area contributed by atoms with Gasteiger partial charge in [-0.1, -0.05) is 6.42 Å². The van der Waals surface area contributed by atoms with Crippen molar-refractivity contribution in [1.82, 2.24) is 10.2 Å². The highest BCUT2D eigenvalue weighted by Crippen LogP contribution is 2.11. The first kappa shape index (κ1) is 13.0. The SMILES string of the molecule is CC(C)N(CC(N)=O)C(=O)C1CCCCN1. The van der Waals surface area contributed by atoms with Crippen molar-refractivity contribution in [2.75, 3.05) is 13.1 Å². The number of carbonyl (C=O) groups excluding carboxylic acids is 2. The molecule has 2 amide bonds. The van der Waals surface area contributed by atoms with Gasteiger partial charge < -0.3 is 16.0 Å². The second-order valence-corrected chi connectivity index (χ2v) is 4.53. The van der Waals surface area contributed by atoms with Crippen molar-refractivity contribution >= 4 is 11.8 Å². The van der Waals surface area contributed by atoms with Gasteiger partial charge in [-0.2, -0.15) is 0 Å². The van der Waals surface area contributed by atoms with Gasteiger partial charge in [-0.3, -0.25) is 9.59 Å². The van der Waals surface area contributed by atoms with E-state index in [0.29, 0.717) is 0 Å². The Balaban J connectivity index is 2.61. The number of hydrogen-bond donors (Lipinski definition) is 2. The van der Waals surface area contributed by atoms with Crippen LogP contribution in [-0.2, 0) is 9.59 Å². The molecule has 1 rings (SSSR count). The quantitative estimate of drug-likeness (QED) is 0.701. The van der Waals surface area contributed by atoms with Crippen LogP contribution in [0.1, 0.15) is 33.1 Å². The molecular formula is C11H21N3O2. The first-order valence-electron chi connectivity index (χ1n) is 5.84. The van der Waals surface area contributed by atoms with Crippen LogP contribution in [-0.4, -0.2) is 41.9 Å². The number of rotatable bonds is 4. The van der Waals surface area contributed by atoms with Crippen LogP contribution in [0.2, 0.25) is 0 Å². The van der Waals surface area contributed by atoms with Crippen molar-refractivity contribution in [3.63, 3.8) is 0 Å². The fourth-order valence-electron chi connectivity index (χ4n) is 1.95. The van der Waals surface area contributed by atoms with Crippen molar-refractivity contribution < 1.29 is 9.59 Å². The van der Waals surface area contributed by atoms with Crippen LogP contribution in [0.15, 0.2) is 0 Å². The van der Waals surface area contributed by atoms with E-state index in [1.165, 1.54) is 0 Å². The van der Waals surface area contributed by atoms with E-state index in [4.69, 9.17) is 5.73 Å². The first-order valence-corrected chi connectivity index (χ1v) is 5.84. The van der Waals surface area contributed by atoms with Gasteiger partial charge in [0.2, 0.25) is 11.8 Å². The summed E-state index contributed by atoms with van der Waals surface area (Å²) in [5.41, 5.74) is 5.15. The second kappa shape index (κ2) is 5.84. The summed E-state index contributed by atoms with van der Waals surface area (Å²) >= 11 is 0. The Morgan fingerprint density at radius 1 is 1.44 bits per heavy atom. The lowest BCUT2D eigenvalue weighted by atomic mass is 10.0. The van der Waals surface area contributed by atoms with Crippen LogP contribution < -0.4 is 11.1 Å². The van der Waals surface area contributed by atoms with Crippen LogP contribution in [0, 0.1) is 0 Å². The van der Waals surface area contributed by atoms with Crippen LogP contribution in [0.5, 0.6) is 0 Å². The smallest absolute Gasteiger partial charge is 0.240 e. The maximum Gasteiger partial charge on any atom is 0.240 e. The van der Waals surface area contributed by atoms with Crippen molar-refractivity contribution in [3.8, 4) is 0 Å². The zero-order valence-electron chi connectivity index (χ0n) is 10.0. The standard InChI is InChI=1S/C11H21N3O2/c1-8(2)14(7-10(12)15)11(16)9-5-3-4-6-13-9/h8-9,13H,3-7H2,1-2H3,(H2,12,15). The third kappa shape index (κ3) is 3.48. The number of nitrogens with two attached hydrogens (primary N) is 1. The number of nitrogens with zero attached hydrogens (tertiary/aromatic N) is 1. The average molecular weight is 227 g/mol. The van der Waals surface area contributed by atoms with Gasteiger partial charge in [0.25, 0.3) is 0 Å². The number of piperidine rings is 1. The minimum absolute atomic E-state index is 0.00345. The van der Waals surface area contributed by atoms with Crippen LogP contribution in [0.3, 0.4) is 0 Å². The van der Waals surface area contributed by atoms with Crippen LogP contribution in [0.4, 0.5) is 0 Å². The summed E-state index contributed by atoms with van der Waals surface area (Å²) in [5.74, 6) is -0.466. The van der Waals surface area contributed by atoms with Crippen molar-refractivity contribution in [3.05, 3.63) is 0 Å². The van der Waals surface area contributed by atoms with E-state index in [9.17, 15) is 9.59 Å².